The van der Waals surface area contributed by atoms with Crippen LogP contribution in [-0.4, -0.2) is 86.0 Å². The Bertz CT molecular complexity index is 1380. The van der Waals surface area contributed by atoms with Gasteiger partial charge in [0.05, 0.1) is 11.6 Å². The van der Waals surface area contributed by atoms with Crippen LogP contribution in [0.4, 0.5) is 0 Å². The predicted molar refractivity (Wildman–Crippen MR) is 147 cm³/mol. The number of carbonyl (C=O) groups is 3. The van der Waals surface area contributed by atoms with Crippen LogP contribution in [0.5, 0.6) is 5.75 Å². The second-order valence-corrected chi connectivity index (χ2v) is 12.5. The zero-order valence-corrected chi connectivity index (χ0v) is 23.8. The van der Waals surface area contributed by atoms with Gasteiger partial charge in [-0.25, -0.2) is 0 Å². The maximum Gasteiger partial charge on any atom is 0.255 e. The molecule has 0 spiro atoms. The Morgan fingerprint density at radius 3 is 2.40 bits per heavy atom. The topological polar surface area (TPSA) is 165 Å². The second-order valence-electron chi connectivity index (χ2n) is 12.2. The molecule has 1 saturated carbocycles. The van der Waals surface area contributed by atoms with Gasteiger partial charge in [0.1, 0.15) is 22.8 Å². The number of nitrogens with two attached hydrogens (primary N) is 1. The first-order valence-corrected chi connectivity index (χ1v) is 14.0. The Hall–Kier alpha value is -2.92. The molecule has 216 valence electrons. The number of allylic oxidation sites excluding steroid dienone is 1. The van der Waals surface area contributed by atoms with E-state index in [0.29, 0.717) is 28.6 Å². The van der Waals surface area contributed by atoms with E-state index in [1.54, 1.807) is 14.1 Å². The van der Waals surface area contributed by atoms with Crippen molar-refractivity contribution in [1.82, 2.24) is 9.80 Å². The van der Waals surface area contributed by atoms with Crippen LogP contribution in [0.15, 0.2) is 28.7 Å². The van der Waals surface area contributed by atoms with E-state index < -0.39 is 58.0 Å². The molecule has 11 heteroatoms. The van der Waals surface area contributed by atoms with Crippen molar-refractivity contribution < 1.29 is 34.8 Å². The molecule has 40 heavy (non-hydrogen) atoms. The van der Waals surface area contributed by atoms with Crippen molar-refractivity contribution in [3.63, 3.8) is 0 Å². The summed E-state index contributed by atoms with van der Waals surface area (Å²) in [6.07, 6.45) is 2.57. The number of amides is 1. The van der Waals surface area contributed by atoms with Crippen LogP contribution in [0.25, 0.3) is 0 Å². The number of aliphatic hydroxyl groups excluding tert-OH is 2. The number of likely N-dealkylation sites (N-methyl/N-ethyl adjacent to an activating group) is 1. The Morgan fingerprint density at radius 1 is 1.20 bits per heavy atom. The first kappa shape index (κ1) is 28.6. The second kappa shape index (κ2) is 9.87. The van der Waals surface area contributed by atoms with Crippen molar-refractivity contribution >= 4 is 29.1 Å². The maximum atomic E-state index is 13.8. The number of hydrogen-bond acceptors (Lipinski definition) is 9. The summed E-state index contributed by atoms with van der Waals surface area (Å²) in [5.74, 6) is -6.13. The average molecular weight is 574 g/mol. The smallest absolute Gasteiger partial charge is 0.255 e. The fourth-order valence-corrected chi connectivity index (χ4v) is 7.06. The lowest BCUT2D eigenvalue weighted by molar-refractivity contribution is -0.148. The minimum atomic E-state index is -2.66. The van der Waals surface area contributed by atoms with Crippen LogP contribution in [0.2, 0.25) is 5.02 Å². The summed E-state index contributed by atoms with van der Waals surface area (Å²) in [6, 6.07) is 0.679. The zero-order valence-electron chi connectivity index (χ0n) is 23.1. The molecule has 4 aliphatic carbocycles. The number of hydrogen-bond donors (Lipinski definition) is 5. The third-order valence-corrected chi connectivity index (χ3v) is 9.50. The number of phenols is 1. The van der Waals surface area contributed by atoms with Crippen LogP contribution >= 0.6 is 11.6 Å². The molecule has 5 rings (SSSR count). The van der Waals surface area contributed by atoms with Gasteiger partial charge in [0.2, 0.25) is 5.78 Å². The maximum absolute atomic E-state index is 13.8. The predicted octanol–water partition coefficient (Wildman–Crippen LogP) is 2.39. The van der Waals surface area contributed by atoms with E-state index in [1.165, 1.54) is 23.8 Å². The van der Waals surface area contributed by atoms with Gasteiger partial charge in [0.25, 0.3) is 5.91 Å². The minimum absolute atomic E-state index is 0.0207. The van der Waals surface area contributed by atoms with Crippen LogP contribution in [0, 0.1) is 17.8 Å². The quantitative estimate of drug-likeness (QED) is 0.308. The van der Waals surface area contributed by atoms with Crippen molar-refractivity contribution in [2.75, 3.05) is 20.6 Å². The van der Waals surface area contributed by atoms with Gasteiger partial charge in [-0.1, -0.05) is 11.6 Å². The molecule has 0 bridgehead atoms. The van der Waals surface area contributed by atoms with Gasteiger partial charge in [-0.15, -0.1) is 0 Å². The van der Waals surface area contributed by atoms with Crippen molar-refractivity contribution in [3.05, 3.63) is 50.4 Å². The Balaban J connectivity index is 1.60. The highest BCUT2D eigenvalue weighted by molar-refractivity contribution is 6.33. The lowest BCUT2D eigenvalue weighted by Gasteiger charge is -2.50. The number of fused-ring (bicyclic) bond motifs is 3. The summed E-state index contributed by atoms with van der Waals surface area (Å²) in [5.41, 5.74) is 2.74. The highest BCUT2D eigenvalue weighted by Gasteiger charge is 2.63. The van der Waals surface area contributed by atoms with Gasteiger partial charge < -0.3 is 26.2 Å². The lowest BCUT2D eigenvalue weighted by Crippen LogP contribution is -2.63. The first-order chi connectivity index (χ1) is 18.7. The number of rotatable bonds is 7. The lowest BCUT2D eigenvalue weighted by atomic mass is 9.58. The molecule has 4 atom stereocenters. The number of Topliss-reactive ketones (excluding diaryl/α,β-unsaturated/α-hetero) is 2. The number of benzene rings is 1. The van der Waals surface area contributed by atoms with Crippen molar-refractivity contribution in [2.24, 2.45) is 23.5 Å². The van der Waals surface area contributed by atoms with Crippen molar-refractivity contribution in [3.8, 4) is 5.75 Å². The summed E-state index contributed by atoms with van der Waals surface area (Å²) in [5, 5.41) is 45.4. The number of ketones is 2. The van der Waals surface area contributed by atoms with Gasteiger partial charge in [-0.05, 0) is 82.7 Å². The fourth-order valence-electron chi connectivity index (χ4n) is 6.78. The highest BCUT2D eigenvalue weighted by Crippen LogP contribution is 2.53. The normalized spacial score (nSPS) is 28.4. The number of primary amides is 1. The van der Waals surface area contributed by atoms with Gasteiger partial charge in [-0.3, -0.25) is 24.2 Å². The van der Waals surface area contributed by atoms with Gasteiger partial charge in [0.15, 0.2) is 11.4 Å². The van der Waals surface area contributed by atoms with E-state index in [4.69, 9.17) is 17.3 Å². The Kier molecular flexibility index (Phi) is 7.06. The molecule has 10 nitrogen and oxygen atoms in total. The minimum Gasteiger partial charge on any atom is -0.510 e. The van der Waals surface area contributed by atoms with Gasteiger partial charge in [-0.2, -0.15) is 0 Å². The average Bonchev–Trinajstić information content (AvgIpc) is 3.67. The van der Waals surface area contributed by atoms with E-state index in [0.717, 1.165) is 6.54 Å². The molecule has 0 aromatic heterocycles. The van der Waals surface area contributed by atoms with Crippen LogP contribution in [0.1, 0.15) is 54.6 Å². The number of aliphatic hydroxyl groups is 3. The molecule has 1 aromatic rings. The SMILES string of the molecule is CC(C)N(Cc1cc(O)c2c(c1Cl)C[C@H]1C[C@H]3[C@H](N(C)C)C(O)=C(C(N)=O)C(=O)[C@@]3(O)C(O)=C1C2=O)CC1CC1. The summed E-state index contributed by atoms with van der Waals surface area (Å²) in [4.78, 5) is 43.1. The van der Waals surface area contributed by atoms with E-state index in [1.807, 2.05) is 0 Å². The van der Waals surface area contributed by atoms with Gasteiger partial charge in [0, 0.05) is 35.6 Å². The van der Waals surface area contributed by atoms with Crippen molar-refractivity contribution in [1.29, 1.82) is 0 Å². The molecular weight excluding hydrogens is 538 g/mol. The molecule has 0 radical (unpaired) electrons. The van der Waals surface area contributed by atoms with E-state index in [9.17, 15) is 34.8 Å². The summed E-state index contributed by atoms with van der Waals surface area (Å²) in [6.45, 7) is 5.61. The molecule has 1 aromatic carbocycles. The van der Waals surface area contributed by atoms with E-state index >= 15 is 0 Å². The molecule has 0 heterocycles. The molecule has 1 amide bonds. The molecular formula is C29H36ClN3O7. The highest BCUT2D eigenvalue weighted by atomic mass is 35.5. The molecule has 1 fully saturated rings. The number of halogens is 1. The third-order valence-electron chi connectivity index (χ3n) is 9.02. The zero-order chi connectivity index (χ0) is 29.4. The van der Waals surface area contributed by atoms with Crippen LogP contribution < -0.4 is 5.73 Å². The Morgan fingerprint density at radius 2 is 1.85 bits per heavy atom. The largest absolute Gasteiger partial charge is 0.510 e. The number of nitrogens with zero attached hydrogens (tertiary/aromatic N) is 2. The van der Waals surface area contributed by atoms with E-state index in [-0.39, 0.29) is 35.8 Å². The fraction of sp³-hybridized carbons (Fsp3) is 0.552. The van der Waals surface area contributed by atoms with Crippen LogP contribution in [-0.2, 0) is 22.6 Å². The number of phenolic OH excluding ortho intramolecular Hbond substituents is 1. The first-order valence-electron chi connectivity index (χ1n) is 13.6. The van der Waals surface area contributed by atoms with Crippen LogP contribution in [0.3, 0.4) is 0 Å². The molecule has 0 unspecified atom stereocenters. The summed E-state index contributed by atoms with van der Waals surface area (Å²) >= 11 is 6.90. The van der Waals surface area contributed by atoms with E-state index in [2.05, 4.69) is 18.7 Å². The third kappa shape index (κ3) is 4.24. The van der Waals surface area contributed by atoms with Crippen molar-refractivity contribution in [2.45, 2.75) is 63.8 Å². The molecule has 6 N–H and O–H groups in total. The molecule has 0 saturated heterocycles. The standard InChI is InChI=1S/C29H36ClN3O7/c1-12(2)33(10-13-5-6-13)11-15-9-18(34)20-16(22(15)30)7-14-8-17-23(32(3)4)25(36)21(28(31)39)27(38)29(17,40)26(37)19(14)24(20)35/h9,12-14,17,23,34,36-37,40H,5-8,10-11H2,1-4H3,(H2,31,39)/t14-,17-,23-,29-/m0/s1. The molecule has 4 aliphatic rings. The number of carbonyl (C=O) groups excluding carboxylic acids is 3. The number of aromatic hydroxyl groups is 1. The summed E-state index contributed by atoms with van der Waals surface area (Å²) in [7, 11) is 3.19. The Labute approximate surface area is 237 Å². The molecule has 0 aliphatic heterocycles. The monoisotopic (exact) mass is 573 g/mol. The van der Waals surface area contributed by atoms with Gasteiger partial charge >= 0.3 is 0 Å². The summed E-state index contributed by atoms with van der Waals surface area (Å²) < 4.78 is 0.